The van der Waals surface area contributed by atoms with E-state index in [1.165, 1.54) is 32.1 Å². The molecule has 0 radical (unpaired) electrons. The van der Waals surface area contributed by atoms with E-state index in [0.29, 0.717) is 0 Å². The number of hydrogen-bond donors (Lipinski definition) is 1. The summed E-state index contributed by atoms with van der Waals surface area (Å²) in [6, 6.07) is -0.235. The van der Waals surface area contributed by atoms with E-state index in [2.05, 4.69) is 19.2 Å². The fourth-order valence-electron chi connectivity index (χ4n) is 2.78. The lowest BCUT2D eigenvalue weighted by molar-refractivity contribution is -0.145. The van der Waals surface area contributed by atoms with Crippen molar-refractivity contribution in [3.63, 3.8) is 0 Å². The van der Waals surface area contributed by atoms with Gasteiger partial charge in [0.25, 0.3) is 0 Å². The molecule has 0 aromatic heterocycles. The quantitative estimate of drug-likeness (QED) is 0.626. The smallest absolute Gasteiger partial charge is 0.243 e. The lowest BCUT2D eigenvalue weighted by atomic mass is 10.0. The minimum Gasteiger partial charge on any atom is -0.345 e. The first-order chi connectivity index (χ1) is 9.70. The molecule has 1 atom stereocenters. The van der Waals surface area contributed by atoms with Gasteiger partial charge in [0.2, 0.25) is 11.8 Å². The monoisotopic (exact) mass is 282 g/mol. The van der Waals surface area contributed by atoms with E-state index < -0.39 is 0 Å². The number of piperazine rings is 1. The van der Waals surface area contributed by atoms with Crippen LogP contribution in [0.2, 0.25) is 0 Å². The molecule has 4 nitrogen and oxygen atoms in total. The Labute approximate surface area is 123 Å². The van der Waals surface area contributed by atoms with Crippen LogP contribution in [-0.4, -0.2) is 35.8 Å². The van der Waals surface area contributed by atoms with Crippen molar-refractivity contribution in [3.05, 3.63) is 0 Å². The van der Waals surface area contributed by atoms with Crippen molar-refractivity contribution in [3.8, 4) is 0 Å². The molecule has 1 unspecified atom stereocenters. The zero-order valence-corrected chi connectivity index (χ0v) is 13.1. The largest absolute Gasteiger partial charge is 0.345 e. The van der Waals surface area contributed by atoms with Crippen molar-refractivity contribution in [1.29, 1.82) is 0 Å². The predicted molar refractivity (Wildman–Crippen MR) is 81.4 cm³/mol. The highest BCUT2D eigenvalue weighted by molar-refractivity contribution is 5.94. The summed E-state index contributed by atoms with van der Waals surface area (Å²) < 4.78 is 0. The number of amides is 2. The molecule has 1 fully saturated rings. The molecule has 0 aromatic rings. The maximum atomic E-state index is 11.9. The minimum absolute atomic E-state index is 0.0226. The van der Waals surface area contributed by atoms with E-state index in [9.17, 15) is 9.59 Å². The van der Waals surface area contributed by atoms with Gasteiger partial charge in [-0.3, -0.25) is 9.59 Å². The molecule has 20 heavy (non-hydrogen) atoms. The van der Waals surface area contributed by atoms with Gasteiger partial charge in [0.05, 0.1) is 6.54 Å². The van der Waals surface area contributed by atoms with Crippen molar-refractivity contribution < 1.29 is 9.59 Å². The van der Waals surface area contributed by atoms with E-state index in [1.807, 2.05) is 0 Å². The molecule has 1 aliphatic heterocycles. The van der Waals surface area contributed by atoms with Crippen LogP contribution in [0.15, 0.2) is 0 Å². The van der Waals surface area contributed by atoms with Crippen LogP contribution in [0.5, 0.6) is 0 Å². The Morgan fingerprint density at radius 1 is 1.00 bits per heavy atom. The second kappa shape index (κ2) is 9.78. The first kappa shape index (κ1) is 17.0. The highest BCUT2D eigenvalue weighted by Crippen LogP contribution is 2.14. The standard InChI is InChI=1S/C16H30N2O2/c1-3-5-6-7-8-9-10-12-18-14(11-4-2)16(20)17-13-15(18)19/h14H,3-13H2,1-2H3,(H,17,20). The summed E-state index contributed by atoms with van der Waals surface area (Å²) in [5.41, 5.74) is 0. The van der Waals surface area contributed by atoms with E-state index >= 15 is 0 Å². The predicted octanol–water partition coefficient (Wildman–Crippen LogP) is 2.86. The minimum atomic E-state index is -0.235. The molecular formula is C16H30N2O2. The third kappa shape index (κ3) is 5.51. The van der Waals surface area contributed by atoms with Gasteiger partial charge in [-0.15, -0.1) is 0 Å². The molecule has 1 N–H and O–H groups in total. The van der Waals surface area contributed by atoms with E-state index in [1.54, 1.807) is 4.90 Å². The zero-order chi connectivity index (χ0) is 14.8. The van der Waals surface area contributed by atoms with Crippen LogP contribution in [-0.2, 0) is 9.59 Å². The van der Waals surface area contributed by atoms with Crippen molar-refractivity contribution in [2.45, 2.75) is 77.7 Å². The summed E-state index contributed by atoms with van der Waals surface area (Å²) in [5, 5.41) is 2.69. The van der Waals surface area contributed by atoms with Gasteiger partial charge in [0.15, 0.2) is 0 Å². The number of carbonyl (C=O) groups excluding carboxylic acids is 2. The summed E-state index contributed by atoms with van der Waals surface area (Å²) >= 11 is 0. The number of hydrogen-bond acceptors (Lipinski definition) is 2. The Morgan fingerprint density at radius 3 is 2.30 bits per heavy atom. The van der Waals surface area contributed by atoms with Crippen LogP contribution in [0.25, 0.3) is 0 Å². The number of unbranched alkanes of at least 4 members (excludes halogenated alkanes) is 6. The first-order valence-corrected chi connectivity index (χ1v) is 8.27. The summed E-state index contributed by atoms with van der Waals surface area (Å²) in [6.07, 6.45) is 10.3. The Morgan fingerprint density at radius 2 is 1.65 bits per heavy atom. The highest BCUT2D eigenvalue weighted by Gasteiger charge is 2.32. The molecule has 0 bridgehead atoms. The average Bonchev–Trinajstić information content (AvgIpc) is 2.44. The lowest BCUT2D eigenvalue weighted by Gasteiger charge is -2.35. The van der Waals surface area contributed by atoms with Gasteiger partial charge in [-0.25, -0.2) is 0 Å². The van der Waals surface area contributed by atoms with Crippen LogP contribution in [0, 0.1) is 0 Å². The number of rotatable bonds is 10. The lowest BCUT2D eigenvalue weighted by Crippen LogP contribution is -2.58. The van der Waals surface area contributed by atoms with Gasteiger partial charge in [0, 0.05) is 6.54 Å². The van der Waals surface area contributed by atoms with Gasteiger partial charge < -0.3 is 10.2 Å². The van der Waals surface area contributed by atoms with Gasteiger partial charge in [0.1, 0.15) is 6.04 Å². The molecule has 1 heterocycles. The van der Waals surface area contributed by atoms with Crippen LogP contribution < -0.4 is 5.32 Å². The molecule has 1 saturated heterocycles. The highest BCUT2D eigenvalue weighted by atomic mass is 16.2. The summed E-state index contributed by atoms with van der Waals surface area (Å²) in [6.45, 7) is 5.19. The Bertz CT molecular complexity index is 305. The zero-order valence-electron chi connectivity index (χ0n) is 13.1. The third-order valence-electron chi connectivity index (χ3n) is 3.98. The molecule has 1 aliphatic rings. The number of nitrogens with zero attached hydrogens (tertiary/aromatic N) is 1. The second-order valence-electron chi connectivity index (χ2n) is 5.73. The number of nitrogens with one attached hydrogen (secondary N) is 1. The fraction of sp³-hybridized carbons (Fsp3) is 0.875. The Kier molecular flexibility index (Phi) is 8.31. The maximum absolute atomic E-state index is 11.9. The second-order valence-corrected chi connectivity index (χ2v) is 5.73. The van der Waals surface area contributed by atoms with Crippen LogP contribution in [0.3, 0.4) is 0 Å². The van der Waals surface area contributed by atoms with Crippen LogP contribution in [0.1, 0.15) is 71.6 Å². The van der Waals surface area contributed by atoms with E-state index in [4.69, 9.17) is 0 Å². The van der Waals surface area contributed by atoms with Gasteiger partial charge >= 0.3 is 0 Å². The van der Waals surface area contributed by atoms with Gasteiger partial charge in [-0.1, -0.05) is 58.8 Å². The fourth-order valence-corrected chi connectivity index (χ4v) is 2.78. The molecule has 0 spiro atoms. The van der Waals surface area contributed by atoms with Gasteiger partial charge in [-0.2, -0.15) is 0 Å². The molecule has 2 amide bonds. The molecular weight excluding hydrogens is 252 g/mol. The molecule has 1 rings (SSSR count). The molecule has 116 valence electrons. The molecule has 0 aromatic carbocycles. The maximum Gasteiger partial charge on any atom is 0.243 e. The summed E-state index contributed by atoms with van der Waals surface area (Å²) in [5.74, 6) is 0.100. The summed E-state index contributed by atoms with van der Waals surface area (Å²) in [4.78, 5) is 25.6. The third-order valence-corrected chi connectivity index (χ3v) is 3.98. The van der Waals surface area contributed by atoms with Crippen molar-refractivity contribution >= 4 is 11.8 Å². The molecule has 4 heteroatoms. The van der Waals surface area contributed by atoms with Gasteiger partial charge in [-0.05, 0) is 12.8 Å². The SMILES string of the molecule is CCCCCCCCCN1C(=O)CNC(=O)C1CCC. The molecule has 0 aliphatic carbocycles. The van der Waals surface area contributed by atoms with E-state index in [0.717, 1.165) is 32.2 Å². The summed E-state index contributed by atoms with van der Waals surface area (Å²) in [7, 11) is 0. The average molecular weight is 282 g/mol. The normalized spacial score (nSPS) is 19.3. The first-order valence-electron chi connectivity index (χ1n) is 8.27. The Hall–Kier alpha value is -1.06. The Balaban J connectivity index is 2.27. The van der Waals surface area contributed by atoms with Crippen molar-refractivity contribution in [2.75, 3.05) is 13.1 Å². The van der Waals surface area contributed by atoms with E-state index in [-0.39, 0.29) is 24.4 Å². The van der Waals surface area contributed by atoms with Crippen LogP contribution >= 0.6 is 0 Å². The van der Waals surface area contributed by atoms with Crippen LogP contribution in [0.4, 0.5) is 0 Å². The van der Waals surface area contributed by atoms with Crippen molar-refractivity contribution in [2.24, 2.45) is 0 Å². The molecule has 0 saturated carbocycles. The van der Waals surface area contributed by atoms with Crippen molar-refractivity contribution in [1.82, 2.24) is 10.2 Å². The topological polar surface area (TPSA) is 49.4 Å². The number of carbonyl (C=O) groups is 2.